The second-order valence-corrected chi connectivity index (χ2v) is 3.91. The highest BCUT2D eigenvalue weighted by atomic mass is 16.2. The Kier molecular flexibility index (Phi) is 4.99. The van der Waals surface area contributed by atoms with Crippen molar-refractivity contribution in [1.29, 1.82) is 0 Å². The lowest BCUT2D eigenvalue weighted by molar-refractivity contribution is -0.118. The molecule has 1 amide bonds. The molecule has 0 unspecified atom stereocenters. The normalized spacial score (nSPS) is 10.2. The Morgan fingerprint density at radius 3 is 2.44 bits per heavy atom. The summed E-state index contributed by atoms with van der Waals surface area (Å²) >= 11 is 0. The van der Waals surface area contributed by atoms with Gasteiger partial charge in [-0.3, -0.25) is 4.79 Å². The van der Waals surface area contributed by atoms with Gasteiger partial charge in [0.1, 0.15) is 0 Å². The van der Waals surface area contributed by atoms with Gasteiger partial charge >= 0.3 is 0 Å². The van der Waals surface area contributed by atoms with E-state index in [4.69, 9.17) is 5.73 Å². The Morgan fingerprint density at radius 1 is 1.31 bits per heavy atom. The lowest BCUT2D eigenvalue weighted by Gasteiger charge is -2.17. The van der Waals surface area contributed by atoms with E-state index in [0.717, 1.165) is 18.5 Å². The standard InChI is InChI=1S/C13H20N2O/c1-3-4-11-5-7-12(8-6-11)15(2)13(16)9-10-14/h5-8H,3-4,9-10,14H2,1-2H3. The number of carbonyl (C=O) groups is 1. The molecule has 0 saturated heterocycles. The number of hydrogen-bond donors (Lipinski definition) is 1. The molecule has 0 aromatic heterocycles. The topological polar surface area (TPSA) is 46.3 Å². The van der Waals surface area contributed by atoms with Crippen molar-refractivity contribution in [2.45, 2.75) is 26.2 Å². The van der Waals surface area contributed by atoms with Gasteiger partial charge in [0.25, 0.3) is 0 Å². The van der Waals surface area contributed by atoms with E-state index in [1.54, 1.807) is 11.9 Å². The molecule has 0 aliphatic heterocycles. The van der Waals surface area contributed by atoms with Crippen LogP contribution in [0, 0.1) is 0 Å². The molecule has 1 aromatic carbocycles. The van der Waals surface area contributed by atoms with Crippen LogP contribution in [0.5, 0.6) is 0 Å². The molecule has 0 spiro atoms. The lowest BCUT2D eigenvalue weighted by atomic mass is 10.1. The molecular weight excluding hydrogens is 200 g/mol. The smallest absolute Gasteiger partial charge is 0.227 e. The van der Waals surface area contributed by atoms with Crippen LogP contribution in [0.25, 0.3) is 0 Å². The monoisotopic (exact) mass is 220 g/mol. The molecule has 0 bridgehead atoms. The van der Waals surface area contributed by atoms with Crippen LogP contribution in [0.15, 0.2) is 24.3 Å². The van der Waals surface area contributed by atoms with E-state index in [1.807, 2.05) is 12.1 Å². The van der Waals surface area contributed by atoms with Gasteiger partial charge in [-0.15, -0.1) is 0 Å². The lowest BCUT2D eigenvalue weighted by Crippen LogP contribution is -2.28. The predicted molar refractivity (Wildman–Crippen MR) is 67.5 cm³/mol. The minimum Gasteiger partial charge on any atom is -0.330 e. The maximum atomic E-state index is 11.6. The number of benzene rings is 1. The average Bonchev–Trinajstić information content (AvgIpc) is 2.30. The molecule has 0 aliphatic rings. The summed E-state index contributed by atoms with van der Waals surface area (Å²) in [6.45, 7) is 2.56. The Morgan fingerprint density at radius 2 is 1.94 bits per heavy atom. The zero-order valence-corrected chi connectivity index (χ0v) is 10.1. The van der Waals surface area contributed by atoms with E-state index in [0.29, 0.717) is 13.0 Å². The SMILES string of the molecule is CCCc1ccc(N(C)C(=O)CCN)cc1. The van der Waals surface area contributed by atoms with Crippen molar-refractivity contribution in [3.8, 4) is 0 Å². The zero-order chi connectivity index (χ0) is 12.0. The van der Waals surface area contributed by atoms with Crippen LogP contribution < -0.4 is 10.6 Å². The number of rotatable bonds is 5. The number of amides is 1. The van der Waals surface area contributed by atoms with E-state index in [-0.39, 0.29) is 5.91 Å². The Hall–Kier alpha value is -1.35. The van der Waals surface area contributed by atoms with E-state index >= 15 is 0 Å². The summed E-state index contributed by atoms with van der Waals surface area (Å²) < 4.78 is 0. The first kappa shape index (κ1) is 12.7. The van der Waals surface area contributed by atoms with Gasteiger partial charge in [0.2, 0.25) is 5.91 Å². The summed E-state index contributed by atoms with van der Waals surface area (Å²) in [4.78, 5) is 13.3. The molecule has 0 fully saturated rings. The Labute approximate surface area is 97.2 Å². The molecule has 3 nitrogen and oxygen atoms in total. The Bertz CT molecular complexity index is 332. The molecule has 1 rings (SSSR count). The molecule has 0 radical (unpaired) electrons. The summed E-state index contributed by atoms with van der Waals surface area (Å²) in [6, 6.07) is 8.12. The molecule has 2 N–H and O–H groups in total. The van der Waals surface area contributed by atoms with Gasteiger partial charge in [0, 0.05) is 25.7 Å². The van der Waals surface area contributed by atoms with Crippen LogP contribution in [0.2, 0.25) is 0 Å². The van der Waals surface area contributed by atoms with Gasteiger partial charge in [-0.25, -0.2) is 0 Å². The van der Waals surface area contributed by atoms with Crippen LogP contribution in [-0.4, -0.2) is 19.5 Å². The highest BCUT2D eigenvalue weighted by Crippen LogP contribution is 2.15. The van der Waals surface area contributed by atoms with Gasteiger partial charge in [-0.2, -0.15) is 0 Å². The number of hydrogen-bond acceptors (Lipinski definition) is 2. The maximum absolute atomic E-state index is 11.6. The Balaban J connectivity index is 2.69. The van der Waals surface area contributed by atoms with Crippen molar-refractivity contribution < 1.29 is 4.79 Å². The average molecular weight is 220 g/mol. The van der Waals surface area contributed by atoms with Crippen molar-refractivity contribution in [3.63, 3.8) is 0 Å². The van der Waals surface area contributed by atoms with Crippen molar-refractivity contribution in [2.24, 2.45) is 5.73 Å². The predicted octanol–water partition coefficient (Wildman–Crippen LogP) is 1.95. The minimum atomic E-state index is 0.0609. The molecule has 3 heteroatoms. The molecule has 0 heterocycles. The third kappa shape index (κ3) is 3.35. The summed E-state index contributed by atoms with van der Waals surface area (Å²) in [5.74, 6) is 0.0609. The second-order valence-electron chi connectivity index (χ2n) is 3.91. The van der Waals surface area contributed by atoms with Crippen molar-refractivity contribution >= 4 is 11.6 Å². The van der Waals surface area contributed by atoms with Crippen molar-refractivity contribution in [1.82, 2.24) is 0 Å². The summed E-state index contributed by atoms with van der Waals surface area (Å²) in [6.07, 6.45) is 2.62. The summed E-state index contributed by atoms with van der Waals surface area (Å²) in [5.41, 5.74) is 7.60. The van der Waals surface area contributed by atoms with Crippen molar-refractivity contribution in [2.75, 3.05) is 18.5 Å². The van der Waals surface area contributed by atoms with Crippen LogP contribution >= 0.6 is 0 Å². The second kappa shape index (κ2) is 6.28. The number of nitrogens with two attached hydrogens (primary N) is 1. The van der Waals surface area contributed by atoms with Gasteiger partial charge in [-0.1, -0.05) is 25.5 Å². The van der Waals surface area contributed by atoms with Gasteiger partial charge in [0.05, 0.1) is 0 Å². The number of aryl methyl sites for hydroxylation is 1. The van der Waals surface area contributed by atoms with E-state index in [9.17, 15) is 4.79 Å². The van der Waals surface area contributed by atoms with Crippen molar-refractivity contribution in [3.05, 3.63) is 29.8 Å². The third-order valence-corrected chi connectivity index (χ3v) is 2.59. The highest BCUT2D eigenvalue weighted by Gasteiger charge is 2.09. The maximum Gasteiger partial charge on any atom is 0.227 e. The van der Waals surface area contributed by atoms with Crippen LogP contribution in [0.1, 0.15) is 25.3 Å². The molecule has 0 saturated carbocycles. The van der Waals surface area contributed by atoms with E-state index in [2.05, 4.69) is 19.1 Å². The third-order valence-electron chi connectivity index (χ3n) is 2.59. The fourth-order valence-electron chi connectivity index (χ4n) is 1.61. The van der Waals surface area contributed by atoms with E-state index < -0.39 is 0 Å². The quantitative estimate of drug-likeness (QED) is 0.824. The van der Waals surface area contributed by atoms with Crippen LogP contribution in [-0.2, 0) is 11.2 Å². The largest absolute Gasteiger partial charge is 0.330 e. The first-order chi connectivity index (χ1) is 7.69. The molecule has 0 atom stereocenters. The fourth-order valence-corrected chi connectivity index (χ4v) is 1.61. The van der Waals surface area contributed by atoms with Gasteiger partial charge < -0.3 is 10.6 Å². The van der Waals surface area contributed by atoms with Crippen LogP contribution in [0.4, 0.5) is 5.69 Å². The summed E-state index contributed by atoms with van der Waals surface area (Å²) in [5, 5.41) is 0. The number of nitrogens with zero attached hydrogens (tertiary/aromatic N) is 1. The van der Waals surface area contributed by atoms with Gasteiger partial charge in [0.15, 0.2) is 0 Å². The fraction of sp³-hybridized carbons (Fsp3) is 0.462. The zero-order valence-electron chi connectivity index (χ0n) is 10.1. The number of anilines is 1. The molecule has 16 heavy (non-hydrogen) atoms. The van der Waals surface area contributed by atoms with Gasteiger partial charge in [-0.05, 0) is 24.1 Å². The molecule has 88 valence electrons. The first-order valence-corrected chi connectivity index (χ1v) is 5.74. The minimum absolute atomic E-state index is 0.0609. The van der Waals surface area contributed by atoms with Crippen LogP contribution in [0.3, 0.4) is 0 Å². The van der Waals surface area contributed by atoms with E-state index in [1.165, 1.54) is 5.56 Å². The molecule has 1 aromatic rings. The number of carbonyl (C=O) groups excluding carboxylic acids is 1. The summed E-state index contributed by atoms with van der Waals surface area (Å²) in [7, 11) is 1.78. The molecule has 0 aliphatic carbocycles. The first-order valence-electron chi connectivity index (χ1n) is 5.74. The highest BCUT2D eigenvalue weighted by molar-refractivity contribution is 5.92. The molecular formula is C13H20N2O.